The van der Waals surface area contributed by atoms with E-state index < -0.39 is 0 Å². The Morgan fingerprint density at radius 2 is 1.60 bits per heavy atom. The van der Waals surface area contributed by atoms with Gasteiger partial charge in [-0.1, -0.05) is 36.4 Å². The van der Waals surface area contributed by atoms with Crippen LogP contribution in [0.5, 0.6) is 0 Å². The molecule has 0 unspecified atom stereocenters. The zero-order valence-corrected chi connectivity index (χ0v) is 15.2. The van der Waals surface area contributed by atoms with E-state index in [0.29, 0.717) is 0 Å². The molecule has 4 rings (SSSR count). The van der Waals surface area contributed by atoms with E-state index in [0.717, 1.165) is 51.6 Å². The summed E-state index contributed by atoms with van der Waals surface area (Å²) in [5, 5.41) is 2.16. The maximum absolute atomic E-state index is 4.60. The molecule has 5 heteroatoms. The number of hydrogen-bond acceptors (Lipinski definition) is 4. The highest BCUT2D eigenvalue weighted by atomic mass is 32.1. The van der Waals surface area contributed by atoms with Gasteiger partial charge < -0.3 is 4.57 Å². The first kappa shape index (κ1) is 16.5. The Morgan fingerprint density at radius 3 is 2.32 bits per heavy atom. The molecule has 1 aliphatic heterocycles. The first-order chi connectivity index (χ1) is 12.4. The minimum atomic E-state index is 0.897. The van der Waals surface area contributed by atoms with Crippen LogP contribution in [0.2, 0.25) is 0 Å². The molecule has 25 heavy (non-hydrogen) atoms. The van der Waals surface area contributed by atoms with Gasteiger partial charge >= 0.3 is 0 Å². The van der Waals surface area contributed by atoms with E-state index in [1.54, 1.807) is 0 Å². The maximum atomic E-state index is 4.60. The minimum Gasteiger partial charge on any atom is -0.329 e. The molecule has 0 radical (unpaired) electrons. The van der Waals surface area contributed by atoms with Gasteiger partial charge in [-0.3, -0.25) is 9.80 Å². The molecule has 0 amide bonds. The van der Waals surface area contributed by atoms with Crippen molar-refractivity contribution in [3.63, 3.8) is 0 Å². The van der Waals surface area contributed by atoms with Crippen molar-refractivity contribution in [2.45, 2.75) is 19.6 Å². The standard InChI is InChI=1S/C20H24N4S/c1-2-5-18(6-3-1)15-24-9-8-21-20(24)17-23-12-10-22(11-13-23)16-19-7-4-14-25-19/h1-9,14H,10-13,15-17H2. The smallest absolute Gasteiger partial charge is 0.123 e. The fourth-order valence-corrected chi connectivity index (χ4v) is 4.09. The molecule has 0 N–H and O–H groups in total. The van der Waals surface area contributed by atoms with Gasteiger partial charge in [-0.25, -0.2) is 4.98 Å². The average Bonchev–Trinajstić information content (AvgIpc) is 3.30. The Bertz CT molecular complexity index is 758. The number of piperazine rings is 1. The monoisotopic (exact) mass is 352 g/mol. The number of benzene rings is 1. The highest BCUT2D eigenvalue weighted by Crippen LogP contribution is 2.15. The Labute approximate surface area is 153 Å². The summed E-state index contributed by atoms with van der Waals surface area (Å²) in [6.07, 6.45) is 4.01. The van der Waals surface area contributed by atoms with Crippen LogP contribution in [0.1, 0.15) is 16.3 Å². The summed E-state index contributed by atoms with van der Waals surface area (Å²) >= 11 is 1.86. The van der Waals surface area contributed by atoms with Gasteiger partial charge in [-0.05, 0) is 17.0 Å². The molecule has 0 atom stereocenters. The predicted octanol–water partition coefficient (Wildman–Crippen LogP) is 3.31. The van der Waals surface area contributed by atoms with Gasteiger partial charge in [0.15, 0.2) is 0 Å². The summed E-state index contributed by atoms with van der Waals surface area (Å²) in [5.41, 5.74) is 1.32. The summed E-state index contributed by atoms with van der Waals surface area (Å²) in [5.74, 6) is 1.16. The second-order valence-corrected chi connectivity index (χ2v) is 7.62. The van der Waals surface area contributed by atoms with E-state index in [-0.39, 0.29) is 0 Å². The van der Waals surface area contributed by atoms with Crippen LogP contribution in [0, 0.1) is 0 Å². The van der Waals surface area contributed by atoms with Gasteiger partial charge in [0.1, 0.15) is 5.82 Å². The Kier molecular flexibility index (Phi) is 5.25. The van der Waals surface area contributed by atoms with E-state index in [9.17, 15) is 0 Å². The topological polar surface area (TPSA) is 24.3 Å². The quantitative estimate of drug-likeness (QED) is 0.680. The molecular weight excluding hydrogens is 328 g/mol. The molecule has 1 aromatic carbocycles. The zero-order valence-electron chi connectivity index (χ0n) is 14.4. The van der Waals surface area contributed by atoms with Crippen LogP contribution in [-0.2, 0) is 19.6 Å². The van der Waals surface area contributed by atoms with Gasteiger partial charge in [0, 0.05) is 56.5 Å². The highest BCUT2D eigenvalue weighted by molar-refractivity contribution is 7.09. The van der Waals surface area contributed by atoms with Crippen molar-refractivity contribution in [1.82, 2.24) is 19.4 Å². The number of imidazole rings is 1. The third-order valence-electron chi connectivity index (χ3n) is 4.79. The molecule has 130 valence electrons. The fraction of sp³-hybridized carbons (Fsp3) is 0.350. The van der Waals surface area contributed by atoms with Crippen LogP contribution < -0.4 is 0 Å². The lowest BCUT2D eigenvalue weighted by Crippen LogP contribution is -2.45. The first-order valence-electron chi connectivity index (χ1n) is 8.88. The van der Waals surface area contributed by atoms with Crippen molar-refractivity contribution in [2.75, 3.05) is 26.2 Å². The second kappa shape index (κ2) is 7.95. The normalized spacial score (nSPS) is 16.3. The van der Waals surface area contributed by atoms with Crippen LogP contribution in [0.4, 0.5) is 0 Å². The lowest BCUT2D eigenvalue weighted by atomic mass is 10.2. The largest absolute Gasteiger partial charge is 0.329 e. The van der Waals surface area contributed by atoms with Crippen LogP contribution >= 0.6 is 11.3 Å². The average molecular weight is 353 g/mol. The molecule has 4 nitrogen and oxygen atoms in total. The molecule has 0 aliphatic carbocycles. The maximum Gasteiger partial charge on any atom is 0.123 e. The molecule has 1 fully saturated rings. The third-order valence-corrected chi connectivity index (χ3v) is 5.65. The van der Waals surface area contributed by atoms with Crippen molar-refractivity contribution < 1.29 is 0 Å². The van der Waals surface area contributed by atoms with Gasteiger partial charge in [0.05, 0.1) is 6.54 Å². The summed E-state index contributed by atoms with van der Waals surface area (Å²) in [6.45, 7) is 7.43. The van der Waals surface area contributed by atoms with E-state index in [2.05, 4.69) is 73.4 Å². The van der Waals surface area contributed by atoms with Crippen LogP contribution in [0.15, 0.2) is 60.2 Å². The van der Waals surface area contributed by atoms with Crippen molar-refractivity contribution in [2.24, 2.45) is 0 Å². The van der Waals surface area contributed by atoms with Crippen molar-refractivity contribution in [3.8, 4) is 0 Å². The Morgan fingerprint density at radius 1 is 0.840 bits per heavy atom. The summed E-state index contributed by atoms with van der Waals surface area (Å²) in [7, 11) is 0. The van der Waals surface area contributed by atoms with Crippen LogP contribution in [0.3, 0.4) is 0 Å². The van der Waals surface area contributed by atoms with E-state index in [1.807, 2.05) is 17.5 Å². The number of hydrogen-bond donors (Lipinski definition) is 0. The minimum absolute atomic E-state index is 0.897. The Hall–Kier alpha value is -1.95. The molecular formula is C20H24N4S. The second-order valence-electron chi connectivity index (χ2n) is 6.59. The van der Waals surface area contributed by atoms with Gasteiger partial charge in [0.2, 0.25) is 0 Å². The molecule has 0 bridgehead atoms. The SMILES string of the molecule is c1ccc(Cn2ccnc2CN2CCN(Cc3cccs3)CC2)cc1. The Balaban J connectivity index is 1.31. The lowest BCUT2D eigenvalue weighted by Gasteiger charge is -2.34. The molecule has 0 saturated carbocycles. The van der Waals surface area contributed by atoms with Crippen molar-refractivity contribution in [1.29, 1.82) is 0 Å². The summed E-state index contributed by atoms with van der Waals surface area (Å²) in [4.78, 5) is 11.1. The third kappa shape index (κ3) is 4.37. The highest BCUT2D eigenvalue weighted by Gasteiger charge is 2.18. The zero-order chi connectivity index (χ0) is 16.9. The fourth-order valence-electron chi connectivity index (χ4n) is 3.34. The van der Waals surface area contributed by atoms with Crippen LogP contribution in [0.25, 0.3) is 0 Å². The molecule has 1 aliphatic rings. The molecule has 3 aromatic rings. The van der Waals surface area contributed by atoms with Gasteiger partial charge in [0.25, 0.3) is 0 Å². The van der Waals surface area contributed by atoms with E-state index in [1.165, 1.54) is 10.4 Å². The predicted molar refractivity (Wildman–Crippen MR) is 103 cm³/mol. The molecule has 2 aromatic heterocycles. The van der Waals surface area contributed by atoms with Gasteiger partial charge in [-0.15, -0.1) is 11.3 Å². The number of aromatic nitrogens is 2. The molecule has 1 saturated heterocycles. The number of thiophene rings is 1. The number of nitrogens with zero attached hydrogens (tertiary/aromatic N) is 4. The first-order valence-corrected chi connectivity index (χ1v) is 9.76. The van der Waals surface area contributed by atoms with Crippen molar-refractivity contribution >= 4 is 11.3 Å². The van der Waals surface area contributed by atoms with Crippen LogP contribution in [-0.4, -0.2) is 45.5 Å². The summed E-state index contributed by atoms with van der Waals surface area (Å²) < 4.78 is 2.27. The molecule has 3 heterocycles. The van der Waals surface area contributed by atoms with Crippen molar-refractivity contribution in [3.05, 3.63) is 76.5 Å². The summed E-state index contributed by atoms with van der Waals surface area (Å²) in [6, 6.07) is 15.0. The number of rotatable bonds is 6. The van der Waals surface area contributed by atoms with E-state index in [4.69, 9.17) is 0 Å². The lowest BCUT2D eigenvalue weighted by molar-refractivity contribution is 0.120. The van der Waals surface area contributed by atoms with Gasteiger partial charge in [-0.2, -0.15) is 0 Å². The molecule has 0 spiro atoms. The van der Waals surface area contributed by atoms with E-state index >= 15 is 0 Å².